The Hall–Kier alpha value is -1.00. The van der Waals surface area contributed by atoms with E-state index < -0.39 is 8.32 Å². The molecule has 0 bridgehead atoms. The second-order valence-corrected chi connectivity index (χ2v) is 13.4. The van der Waals surface area contributed by atoms with Crippen LogP contribution in [0, 0.1) is 0 Å². The van der Waals surface area contributed by atoms with E-state index in [1.165, 1.54) is 5.69 Å². The van der Waals surface area contributed by atoms with E-state index in [0.717, 1.165) is 25.3 Å². The molecule has 2 rings (SSSR count). The lowest BCUT2D eigenvalue weighted by Crippen LogP contribution is -2.50. The number of para-hydroxylation sites is 2. The van der Waals surface area contributed by atoms with Crippen LogP contribution < -0.4 is 9.64 Å². The Bertz CT molecular complexity index is 508. The third kappa shape index (κ3) is 3.64. The second-order valence-electron chi connectivity index (χ2n) is 7.96. The summed E-state index contributed by atoms with van der Waals surface area (Å²) in [7, 11) is -0.0558. The van der Waals surface area contributed by atoms with Crippen LogP contribution in [0.25, 0.3) is 0 Å². The van der Waals surface area contributed by atoms with Gasteiger partial charge in [0.25, 0.3) is 0 Å². The van der Waals surface area contributed by atoms with Crippen LogP contribution in [-0.4, -0.2) is 34.6 Å². The standard InChI is InChI=1S/C20H35NO2Si/c1-15(2)24(16(3)4,17(5)6)23-18-12-13-21(14-18)19-10-8-9-11-20(19)22-7/h8-11,15-18H,12-14H2,1-7H3. The zero-order chi connectivity index (χ0) is 17.9. The van der Waals surface area contributed by atoms with Gasteiger partial charge in [-0.05, 0) is 35.2 Å². The maximum absolute atomic E-state index is 6.96. The molecule has 0 saturated carbocycles. The molecule has 0 N–H and O–H groups in total. The summed E-state index contributed by atoms with van der Waals surface area (Å²) in [6.45, 7) is 16.2. The van der Waals surface area contributed by atoms with Gasteiger partial charge in [0.2, 0.25) is 8.32 Å². The molecule has 1 aromatic carbocycles. The molecule has 136 valence electrons. The summed E-state index contributed by atoms with van der Waals surface area (Å²) in [5, 5.41) is 0. The first-order valence-corrected chi connectivity index (χ1v) is 11.5. The lowest BCUT2D eigenvalue weighted by molar-refractivity contribution is 0.194. The molecule has 1 heterocycles. The smallest absolute Gasteiger partial charge is 0.200 e. The normalized spacial score (nSPS) is 18.9. The Morgan fingerprint density at radius 2 is 1.58 bits per heavy atom. The molecule has 24 heavy (non-hydrogen) atoms. The maximum Gasteiger partial charge on any atom is 0.200 e. The van der Waals surface area contributed by atoms with Gasteiger partial charge in [-0.25, -0.2) is 0 Å². The molecule has 4 heteroatoms. The Morgan fingerprint density at radius 3 is 2.12 bits per heavy atom. The number of anilines is 1. The molecule has 1 aliphatic heterocycles. The molecule has 0 radical (unpaired) electrons. The van der Waals surface area contributed by atoms with E-state index in [1.54, 1.807) is 7.11 Å². The molecule has 3 nitrogen and oxygen atoms in total. The van der Waals surface area contributed by atoms with Crippen LogP contribution in [0.4, 0.5) is 5.69 Å². The molecule has 1 unspecified atom stereocenters. The largest absolute Gasteiger partial charge is 0.495 e. The van der Waals surface area contributed by atoms with Gasteiger partial charge in [0.15, 0.2) is 0 Å². The van der Waals surface area contributed by atoms with Gasteiger partial charge < -0.3 is 14.1 Å². The summed E-state index contributed by atoms with van der Waals surface area (Å²) in [6, 6.07) is 8.31. The summed E-state index contributed by atoms with van der Waals surface area (Å²) in [5.41, 5.74) is 3.10. The summed E-state index contributed by atoms with van der Waals surface area (Å²) < 4.78 is 12.5. The average molecular weight is 350 g/mol. The summed E-state index contributed by atoms with van der Waals surface area (Å²) in [6.07, 6.45) is 1.45. The van der Waals surface area contributed by atoms with E-state index in [2.05, 4.69) is 58.6 Å². The lowest BCUT2D eigenvalue weighted by atomic mass is 10.2. The first-order chi connectivity index (χ1) is 11.3. The van der Waals surface area contributed by atoms with Gasteiger partial charge in [-0.3, -0.25) is 0 Å². The van der Waals surface area contributed by atoms with Crippen molar-refractivity contribution in [2.24, 2.45) is 0 Å². The van der Waals surface area contributed by atoms with E-state index in [1.807, 2.05) is 12.1 Å². The average Bonchev–Trinajstić information content (AvgIpc) is 2.99. The van der Waals surface area contributed by atoms with Crippen LogP contribution in [0.5, 0.6) is 5.75 Å². The third-order valence-electron chi connectivity index (χ3n) is 5.65. The fraction of sp³-hybridized carbons (Fsp3) is 0.700. The number of methoxy groups -OCH3 is 1. The minimum Gasteiger partial charge on any atom is -0.495 e. The number of ether oxygens (including phenoxy) is 1. The number of nitrogens with zero attached hydrogens (tertiary/aromatic N) is 1. The molecule has 1 aliphatic rings. The highest BCUT2D eigenvalue weighted by molar-refractivity contribution is 6.77. The number of benzene rings is 1. The van der Waals surface area contributed by atoms with E-state index in [0.29, 0.717) is 22.7 Å². The maximum atomic E-state index is 6.96. The van der Waals surface area contributed by atoms with Gasteiger partial charge in [-0.2, -0.15) is 0 Å². The fourth-order valence-corrected chi connectivity index (χ4v) is 10.2. The summed E-state index contributed by atoms with van der Waals surface area (Å²) in [5.74, 6) is 0.957. The number of hydrogen-bond donors (Lipinski definition) is 0. The molecule has 0 aliphatic carbocycles. The fourth-order valence-electron chi connectivity index (χ4n) is 4.63. The highest BCUT2D eigenvalue weighted by Gasteiger charge is 2.47. The Balaban J connectivity index is 2.15. The van der Waals surface area contributed by atoms with Gasteiger partial charge in [-0.15, -0.1) is 0 Å². The van der Waals surface area contributed by atoms with Crippen molar-refractivity contribution >= 4 is 14.0 Å². The first kappa shape index (κ1) is 19.3. The van der Waals surface area contributed by atoms with Crippen LogP contribution in [0.2, 0.25) is 16.6 Å². The van der Waals surface area contributed by atoms with E-state index in [9.17, 15) is 0 Å². The molecular formula is C20H35NO2Si. The molecule has 1 atom stereocenters. The summed E-state index contributed by atoms with van der Waals surface area (Å²) in [4.78, 5) is 2.42. The van der Waals surface area contributed by atoms with Crippen molar-refractivity contribution in [3.8, 4) is 5.75 Å². The first-order valence-electron chi connectivity index (χ1n) is 9.38. The Kier molecular flexibility index (Phi) is 6.38. The van der Waals surface area contributed by atoms with Crippen LogP contribution in [0.3, 0.4) is 0 Å². The van der Waals surface area contributed by atoms with Gasteiger partial charge >= 0.3 is 0 Å². The minimum absolute atomic E-state index is 0.341. The van der Waals surface area contributed by atoms with Crippen molar-refractivity contribution in [1.29, 1.82) is 0 Å². The predicted molar refractivity (Wildman–Crippen MR) is 106 cm³/mol. The van der Waals surface area contributed by atoms with Gasteiger partial charge in [0, 0.05) is 13.1 Å². The predicted octanol–water partition coefficient (Wildman–Crippen LogP) is 5.47. The number of hydrogen-bond acceptors (Lipinski definition) is 3. The van der Waals surface area contributed by atoms with Crippen molar-refractivity contribution in [3.05, 3.63) is 24.3 Å². The number of rotatable bonds is 7. The second kappa shape index (κ2) is 7.92. The Morgan fingerprint density at radius 1 is 1.00 bits per heavy atom. The van der Waals surface area contributed by atoms with E-state index >= 15 is 0 Å². The minimum atomic E-state index is -1.80. The van der Waals surface area contributed by atoms with Gasteiger partial charge in [0.1, 0.15) is 5.75 Å². The van der Waals surface area contributed by atoms with Crippen molar-refractivity contribution in [2.45, 2.75) is 70.7 Å². The van der Waals surface area contributed by atoms with Crippen LogP contribution in [-0.2, 0) is 4.43 Å². The van der Waals surface area contributed by atoms with Gasteiger partial charge in [0.05, 0.1) is 18.9 Å². The highest BCUT2D eigenvalue weighted by atomic mass is 28.4. The van der Waals surface area contributed by atoms with Crippen molar-refractivity contribution in [3.63, 3.8) is 0 Å². The quantitative estimate of drug-likeness (QED) is 0.610. The lowest BCUT2D eigenvalue weighted by Gasteiger charge is -2.44. The van der Waals surface area contributed by atoms with Crippen LogP contribution >= 0.6 is 0 Å². The molecule has 1 aromatic rings. The van der Waals surface area contributed by atoms with Gasteiger partial charge in [-0.1, -0.05) is 53.7 Å². The topological polar surface area (TPSA) is 21.7 Å². The van der Waals surface area contributed by atoms with E-state index in [4.69, 9.17) is 9.16 Å². The molecule has 0 aromatic heterocycles. The van der Waals surface area contributed by atoms with Crippen molar-refractivity contribution in [2.75, 3.05) is 25.1 Å². The Labute approximate surface area is 149 Å². The third-order valence-corrected chi connectivity index (χ3v) is 11.8. The van der Waals surface area contributed by atoms with Crippen molar-refractivity contribution < 1.29 is 9.16 Å². The van der Waals surface area contributed by atoms with E-state index in [-0.39, 0.29) is 0 Å². The van der Waals surface area contributed by atoms with Crippen LogP contribution in [0.1, 0.15) is 48.0 Å². The summed E-state index contributed by atoms with van der Waals surface area (Å²) >= 11 is 0. The molecule has 0 spiro atoms. The SMILES string of the molecule is COc1ccccc1N1CCC(O[Si](C(C)C)(C(C)C)C(C)C)C1. The molecule has 0 amide bonds. The zero-order valence-corrected chi connectivity index (χ0v) is 17.5. The molecule has 1 saturated heterocycles. The monoisotopic (exact) mass is 349 g/mol. The van der Waals surface area contributed by atoms with Crippen molar-refractivity contribution in [1.82, 2.24) is 0 Å². The van der Waals surface area contributed by atoms with Crippen LogP contribution in [0.15, 0.2) is 24.3 Å². The highest BCUT2D eigenvalue weighted by Crippen LogP contribution is 2.44. The zero-order valence-electron chi connectivity index (χ0n) is 16.5. The molecule has 1 fully saturated rings. The molecular weight excluding hydrogens is 314 g/mol.